The predicted octanol–water partition coefficient (Wildman–Crippen LogP) is 3.20. The molecule has 1 aromatic heterocycles. The quantitative estimate of drug-likeness (QED) is 0.829. The van der Waals surface area contributed by atoms with Crippen molar-refractivity contribution in [2.24, 2.45) is 0 Å². The number of fused-ring (bicyclic) bond motifs is 1. The number of carbonyl (C=O) groups is 1. The molecule has 0 unspecified atom stereocenters. The molecule has 0 atom stereocenters. The third-order valence-electron chi connectivity index (χ3n) is 4.39. The summed E-state index contributed by atoms with van der Waals surface area (Å²) in [6, 6.07) is 6.32. The lowest BCUT2D eigenvalue weighted by Crippen LogP contribution is -2.40. The van der Waals surface area contributed by atoms with E-state index in [0.29, 0.717) is 19.6 Å². The molecule has 0 aliphatic carbocycles. The highest BCUT2D eigenvalue weighted by Crippen LogP contribution is 2.25. The van der Waals surface area contributed by atoms with Crippen molar-refractivity contribution in [2.75, 3.05) is 11.9 Å². The molecule has 1 aliphatic rings. The summed E-state index contributed by atoms with van der Waals surface area (Å²) in [5.74, 6) is 0.165. The summed E-state index contributed by atoms with van der Waals surface area (Å²) < 4.78 is 10.9. The Hall–Kier alpha value is -2.61. The monoisotopic (exact) mass is 388 g/mol. The first-order valence-corrected chi connectivity index (χ1v) is 9.41. The fourth-order valence-corrected chi connectivity index (χ4v) is 3.05. The van der Waals surface area contributed by atoms with Gasteiger partial charge in [-0.25, -0.2) is 4.79 Å². The smallest absolute Gasteiger partial charge is 0.410 e. The summed E-state index contributed by atoms with van der Waals surface area (Å²) in [5.41, 5.74) is 1.76. The molecule has 8 nitrogen and oxygen atoms in total. The maximum atomic E-state index is 12.3. The average Bonchev–Trinajstić information content (AvgIpc) is 3.07. The largest absolute Gasteiger partial charge is 0.444 e. The van der Waals surface area contributed by atoms with Crippen molar-refractivity contribution in [1.82, 2.24) is 15.1 Å². The highest BCUT2D eigenvalue weighted by Gasteiger charge is 2.27. The molecule has 0 bridgehead atoms. The van der Waals surface area contributed by atoms with Crippen molar-refractivity contribution < 1.29 is 19.1 Å². The van der Waals surface area contributed by atoms with E-state index >= 15 is 0 Å². The molecule has 1 aromatic carbocycles. The van der Waals surface area contributed by atoms with E-state index in [-0.39, 0.29) is 18.0 Å². The minimum absolute atomic E-state index is 0.165. The van der Waals surface area contributed by atoms with Gasteiger partial charge in [-0.1, -0.05) is 23.3 Å². The molecule has 2 N–H and O–H groups in total. The van der Waals surface area contributed by atoms with Crippen LogP contribution < -0.4 is 5.32 Å². The zero-order valence-electron chi connectivity index (χ0n) is 17.1. The summed E-state index contributed by atoms with van der Waals surface area (Å²) >= 11 is 0. The molecule has 3 rings (SSSR count). The number of benzene rings is 1. The zero-order valence-corrected chi connectivity index (χ0v) is 17.1. The van der Waals surface area contributed by atoms with Gasteiger partial charge in [-0.15, -0.1) is 5.10 Å². The van der Waals surface area contributed by atoms with Crippen LogP contribution in [0.4, 0.5) is 10.8 Å². The van der Waals surface area contributed by atoms with E-state index in [9.17, 15) is 9.90 Å². The van der Waals surface area contributed by atoms with Gasteiger partial charge in [0.1, 0.15) is 11.2 Å². The maximum Gasteiger partial charge on any atom is 0.410 e. The van der Waals surface area contributed by atoms with E-state index in [4.69, 9.17) is 9.15 Å². The lowest BCUT2D eigenvalue weighted by molar-refractivity contribution is 0.0223. The summed E-state index contributed by atoms with van der Waals surface area (Å²) in [4.78, 5) is 14.1. The SMILES string of the molecule is CC(C)(C)OC(=O)N1CCc2c(CNc3nnc(C(C)(C)O)o3)cccc2C1. The Balaban J connectivity index is 1.67. The number of rotatable bonds is 4. The molecule has 0 spiro atoms. The van der Waals surface area contributed by atoms with Gasteiger partial charge in [0, 0.05) is 19.6 Å². The second-order valence-electron chi connectivity index (χ2n) is 8.53. The van der Waals surface area contributed by atoms with Gasteiger partial charge in [-0.2, -0.15) is 0 Å². The number of hydrogen-bond donors (Lipinski definition) is 2. The third-order valence-corrected chi connectivity index (χ3v) is 4.39. The number of nitrogens with zero attached hydrogens (tertiary/aromatic N) is 3. The van der Waals surface area contributed by atoms with Gasteiger partial charge >= 0.3 is 12.1 Å². The highest BCUT2D eigenvalue weighted by molar-refractivity contribution is 5.68. The molecule has 2 aromatic rings. The first-order chi connectivity index (χ1) is 13.0. The molecule has 1 aliphatic heterocycles. The molecule has 0 fully saturated rings. The number of hydrogen-bond acceptors (Lipinski definition) is 7. The molecule has 1 amide bonds. The van der Waals surface area contributed by atoms with Crippen LogP contribution in [0.1, 0.15) is 57.2 Å². The van der Waals surface area contributed by atoms with Gasteiger partial charge in [0.15, 0.2) is 0 Å². The second kappa shape index (κ2) is 7.43. The lowest BCUT2D eigenvalue weighted by atomic mass is 9.94. The number of aromatic nitrogens is 2. The first kappa shape index (κ1) is 20.1. The van der Waals surface area contributed by atoms with Crippen molar-refractivity contribution in [1.29, 1.82) is 0 Å². The molecule has 152 valence electrons. The first-order valence-electron chi connectivity index (χ1n) is 9.41. The molecule has 2 heterocycles. The van der Waals surface area contributed by atoms with Crippen molar-refractivity contribution in [3.8, 4) is 0 Å². The predicted molar refractivity (Wildman–Crippen MR) is 104 cm³/mol. The van der Waals surface area contributed by atoms with Crippen LogP contribution in [0.15, 0.2) is 22.6 Å². The van der Waals surface area contributed by atoms with Gasteiger partial charge in [0.2, 0.25) is 5.89 Å². The minimum Gasteiger partial charge on any atom is -0.444 e. The van der Waals surface area contributed by atoms with E-state index in [2.05, 4.69) is 15.5 Å². The number of carbonyl (C=O) groups excluding carboxylic acids is 1. The van der Waals surface area contributed by atoms with E-state index in [1.54, 1.807) is 18.7 Å². The Morgan fingerprint density at radius 2 is 2.04 bits per heavy atom. The van der Waals surface area contributed by atoms with Gasteiger partial charge in [0.25, 0.3) is 0 Å². The second-order valence-corrected chi connectivity index (χ2v) is 8.53. The van der Waals surface area contributed by atoms with Crippen LogP contribution in [0.5, 0.6) is 0 Å². The Morgan fingerprint density at radius 1 is 1.29 bits per heavy atom. The number of nitrogens with one attached hydrogen (secondary N) is 1. The summed E-state index contributed by atoms with van der Waals surface area (Å²) in [5, 5.41) is 20.8. The van der Waals surface area contributed by atoms with Crippen LogP contribution in [-0.2, 0) is 29.8 Å². The van der Waals surface area contributed by atoms with E-state index in [1.807, 2.05) is 39.0 Å². The van der Waals surface area contributed by atoms with Crippen LogP contribution in [0.3, 0.4) is 0 Å². The Labute approximate surface area is 164 Å². The minimum atomic E-state index is -1.18. The van der Waals surface area contributed by atoms with Crippen LogP contribution in [-0.4, -0.2) is 38.4 Å². The normalized spacial score (nSPS) is 14.6. The molecular formula is C20H28N4O4. The maximum absolute atomic E-state index is 12.3. The van der Waals surface area contributed by atoms with Crippen LogP contribution in [0, 0.1) is 0 Å². The van der Waals surface area contributed by atoms with Gasteiger partial charge < -0.3 is 24.5 Å². The van der Waals surface area contributed by atoms with E-state index in [1.165, 1.54) is 5.56 Å². The molecule has 0 saturated carbocycles. The fourth-order valence-electron chi connectivity index (χ4n) is 3.05. The van der Waals surface area contributed by atoms with Crippen molar-refractivity contribution >= 4 is 12.1 Å². The molecule has 0 radical (unpaired) electrons. The standard InChI is InChI=1S/C20H28N4O4/c1-19(2,3)28-18(25)24-10-9-15-13(7-6-8-14(15)12-24)11-21-17-23-22-16(27-17)20(4,5)26/h6-8,26H,9-12H2,1-5H3,(H,21,23). The summed E-state index contributed by atoms with van der Waals surface area (Å²) in [6.45, 7) is 10.4. The van der Waals surface area contributed by atoms with Crippen molar-refractivity contribution in [3.63, 3.8) is 0 Å². The Morgan fingerprint density at radius 3 is 2.68 bits per heavy atom. The third kappa shape index (κ3) is 4.81. The highest BCUT2D eigenvalue weighted by atomic mass is 16.6. The molecule has 0 saturated heterocycles. The summed E-state index contributed by atoms with van der Waals surface area (Å²) in [6.07, 6.45) is 0.470. The molecule has 28 heavy (non-hydrogen) atoms. The van der Waals surface area contributed by atoms with Crippen molar-refractivity contribution in [2.45, 2.75) is 65.3 Å². The van der Waals surface area contributed by atoms with E-state index < -0.39 is 11.2 Å². The van der Waals surface area contributed by atoms with Gasteiger partial charge in [-0.05, 0) is 57.7 Å². The number of ether oxygens (including phenoxy) is 1. The number of anilines is 1. The topological polar surface area (TPSA) is 101 Å². The van der Waals surface area contributed by atoms with Gasteiger partial charge in [0.05, 0.1) is 0 Å². The van der Waals surface area contributed by atoms with E-state index in [0.717, 1.165) is 17.5 Å². The Bertz CT molecular complexity index is 849. The average molecular weight is 388 g/mol. The van der Waals surface area contributed by atoms with Crippen LogP contribution in [0.2, 0.25) is 0 Å². The molecular weight excluding hydrogens is 360 g/mol. The zero-order chi connectivity index (χ0) is 20.5. The Kier molecular flexibility index (Phi) is 5.34. The van der Waals surface area contributed by atoms with Crippen LogP contribution in [0.25, 0.3) is 0 Å². The number of amides is 1. The molecule has 8 heteroatoms. The fraction of sp³-hybridized carbons (Fsp3) is 0.550. The van der Waals surface area contributed by atoms with Crippen LogP contribution >= 0.6 is 0 Å². The summed E-state index contributed by atoms with van der Waals surface area (Å²) in [7, 11) is 0. The van der Waals surface area contributed by atoms with Gasteiger partial charge in [-0.3, -0.25) is 0 Å². The van der Waals surface area contributed by atoms with Crippen molar-refractivity contribution in [3.05, 3.63) is 40.8 Å². The lowest BCUT2D eigenvalue weighted by Gasteiger charge is -2.32. The number of aliphatic hydroxyl groups is 1.